The van der Waals surface area contributed by atoms with Crippen molar-refractivity contribution in [2.75, 3.05) is 18.1 Å². The molecule has 0 atom stereocenters. The number of hydrogen-bond acceptors (Lipinski definition) is 5. The normalized spacial score (nSPS) is 14.6. The molecule has 11 heteroatoms. The van der Waals surface area contributed by atoms with Crippen LogP contribution in [0.3, 0.4) is 0 Å². The summed E-state index contributed by atoms with van der Waals surface area (Å²) >= 11 is 0.715. The van der Waals surface area contributed by atoms with Crippen LogP contribution in [0.25, 0.3) is 5.65 Å². The van der Waals surface area contributed by atoms with Crippen LogP contribution < -0.4 is 10.3 Å². The Morgan fingerprint density at radius 2 is 1.90 bits per heavy atom. The van der Waals surface area contributed by atoms with Gasteiger partial charge in [-0.05, 0) is 12.1 Å². The topological polar surface area (TPSA) is 65.2 Å². The van der Waals surface area contributed by atoms with Crippen LogP contribution >= 0.6 is 0 Å². The molecular weight excluding hydrogens is 602 g/mol. The molecule has 4 rings (SSSR count). The van der Waals surface area contributed by atoms with Crippen molar-refractivity contribution >= 4 is 49.1 Å². The second kappa shape index (κ2) is 8.48. The number of amidine groups is 1. The maximum atomic E-state index is 13.4. The van der Waals surface area contributed by atoms with Crippen LogP contribution in [-0.2, 0) is 12.7 Å². The molecule has 0 saturated carbocycles. The molecular formula is C20H18F3N6OTl. The zero-order valence-electron chi connectivity index (χ0n) is 16.6. The van der Waals surface area contributed by atoms with E-state index in [4.69, 9.17) is 0 Å². The van der Waals surface area contributed by atoms with Crippen LogP contribution in [0.4, 0.5) is 18.9 Å². The molecule has 0 bridgehead atoms. The average Bonchev–Trinajstić information content (AvgIpc) is 3.15. The molecule has 0 radical (unpaired) electrons. The number of amides is 1. The number of alkyl halides is 3. The number of aromatic nitrogens is 2. The summed E-state index contributed by atoms with van der Waals surface area (Å²) in [6.07, 6.45) is -3.34. The molecule has 2 aromatic heterocycles. The van der Waals surface area contributed by atoms with Gasteiger partial charge < -0.3 is 0 Å². The number of nitrogens with one attached hydrogen (secondary N) is 1. The first-order valence-electron chi connectivity index (χ1n) is 9.50. The van der Waals surface area contributed by atoms with Crippen LogP contribution in [0.15, 0.2) is 53.8 Å². The maximum absolute atomic E-state index is 13.4. The van der Waals surface area contributed by atoms with E-state index in [2.05, 4.69) is 18.1 Å². The van der Waals surface area contributed by atoms with E-state index in [0.717, 1.165) is 34.6 Å². The predicted molar refractivity (Wildman–Crippen MR) is 111 cm³/mol. The van der Waals surface area contributed by atoms with Gasteiger partial charge in [0.05, 0.1) is 0 Å². The summed E-state index contributed by atoms with van der Waals surface area (Å²) in [5, 5.41) is 9.06. The van der Waals surface area contributed by atoms with E-state index in [1.165, 1.54) is 12.3 Å². The van der Waals surface area contributed by atoms with Gasteiger partial charge in [0.2, 0.25) is 0 Å². The van der Waals surface area contributed by atoms with E-state index < -0.39 is 23.5 Å². The van der Waals surface area contributed by atoms with Crippen molar-refractivity contribution in [2.24, 2.45) is 5.10 Å². The third kappa shape index (κ3) is 4.53. The Morgan fingerprint density at radius 3 is 2.58 bits per heavy atom. The summed E-state index contributed by atoms with van der Waals surface area (Å²) < 4.78 is 43.6. The van der Waals surface area contributed by atoms with Crippen molar-refractivity contribution in [2.45, 2.75) is 19.6 Å². The molecule has 1 aliphatic rings. The Morgan fingerprint density at radius 1 is 1.16 bits per heavy atom. The number of hydrazone groups is 1. The van der Waals surface area contributed by atoms with E-state index in [1.807, 2.05) is 36.2 Å². The summed E-state index contributed by atoms with van der Waals surface area (Å²) in [6, 6.07) is 12.0. The average molecular weight is 620 g/mol. The number of hydrogen-bond donors (Lipinski definition) is 1. The van der Waals surface area contributed by atoms with Crippen LogP contribution in [0.5, 0.6) is 0 Å². The summed E-state index contributed by atoms with van der Waals surface area (Å²) in [7, 11) is 0. The first-order valence-corrected chi connectivity index (χ1v) is 11.5. The molecule has 3 aromatic rings. The van der Waals surface area contributed by atoms with Crippen molar-refractivity contribution in [3.8, 4) is 0 Å². The molecule has 1 aliphatic heterocycles. The molecule has 158 valence electrons. The zero-order valence-corrected chi connectivity index (χ0v) is 21.1. The number of halogens is 3. The van der Waals surface area contributed by atoms with Crippen molar-refractivity contribution in [1.29, 1.82) is 0 Å². The third-order valence-electron chi connectivity index (χ3n) is 4.93. The molecule has 0 saturated heterocycles. The molecule has 7 nitrogen and oxygen atoms in total. The Bertz CT molecular complexity index is 1140. The molecule has 1 aromatic carbocycles. The fourth-order valence-corrected chi connectivity index (χ4v) is 3.95. The number of fused-ring (bicyclic) bond motifs is 1. The van der Waals surface area contributed by atoms with Gasteiger partial charge in [-0.2, -0.15) is 13.2 Å². The van der Waals surface area contributed by atoms with Gasteiger partial charge in [0.1, 0.15) is 5.65 Å². The van der Waals surface area contributed by atoms with E-state index in [9.17, 15) is 18.0 Å². The fraction of sp³-hybridized carbons (Fsp3) is 0.250. The number of pyridine rings is 1. The molecule has 1 amide bonds. The van der Waals surface area contributed by atoms with Gasteiger partial charge in [0.15, 0.2) is 5.69 Å². The minimum absolute atomic E-state index is 0.0653. The summed E-state index contributed by atoms with van der Waals surface area (Å²) in [5.74, 6) is 0.153. The molecule has 0 aliphatic carbocycles. The van der Waals surface area contributed by atoms with E-state index >= 15 is 0 Å². The molecule has 1 N–H and O–H groups in total. The first-order chi connectivity index (χ1) is 14.7. The molecule has 3 heterocycles. The molecule has 0 unspecified atom stereocenters. The zero-order chi connectivity index (χ0) is 22.2. The summed E-state index contributed by atoms with van der Waals surface area (Å²) in [4.78, 5) is 16.2. The van der Waals surface area contributed by atoms with E-state index in [0.29, 0.717) is 26.1 Å². The van der Waals surface area contributed by atoms with Crippen LogP contribution in [0.2, 0.25) is 0 Å². The van der Waals surface area contributed by atoms with Gasteiger partial charge >= 0.3 is 135 Å². The number of carbonyl (C=O) groups is 1. The minimum atomic E-state index is -4.73. The number of nitrogens with zero attached hydrogens (tertiary/aromatic N) is 5. The second-order valence-electron chi connectivity index (χ2n) is 7.05. The third-order valence-corrected chi connectivity index (χ3v) is 7.39. The fourth-order valence-electron chi connectivity index (χ4n) is 3.30. The second-order valence-corrected chi connectivity index (χ2v) is 9.47. The van der Waals surface area contributed by atoms with Crippen molar-refractivity contribution < 1.29 is 18.0 Å². The van der Waals surface area contributed by atoms with Gasteiger partial charge in [-0.1, -0.05) is 6.07 Å². The van der Waals surface area contributed by atoms with Crippen molar-refractivity contribution in [3.05, 3.63) is 65.6 Å². The Labute approximate surface area is 192 Å². The van der Waals surface area contributed by atoms with Gasteiger partial charge in [-0.25, -0.2) is 4.98 Å². The Hall–Kier alpha value is -2.64. The van der Waals surface area contributed by atoms with Gasteiger partial charge in [0.25, 0.3) is 0 Å². The van der Waals surface area contributed by atoms with Crippen LogP contribution in [-0.4, -0.2) is 63.0 Å². The van der Waals surface area contributed by atoms with E-state index in [-0.39, 0.29) is 12.2 Å². The predicted octanol–water partition coefficient (Wildman–Crippen LogP) is 2.82. The van der Waals surface area contributed by atoms with E-state index in [1.54, 1.807) is 12.1 Å². The van der Waals surface area contributed by atoms with Gasteiger partial charge in [-0.3, -0.25) is 4.40 Å². The number of rotatable bonds is 4. The molecule has 31 heavy (non-hydrogen) atoms. The molecule has 0 spiro atoms. The van der Waals surface area contributed by atoms with Crippen LogP contribution in [0.1, 0.15) is 28.7 Å². The number of benzene rings is 1. The number of imidazole rings is 1. The first kappa shape index (κ1) is 21.6. The van der Waals surface area contributed by atoms with Crippen molar-refractivity contribution in [3.63, 3.8) is 0 Å². The number of carbonyl (C=O) groups excluding carboxylic acids is 1. The summed E-state index contributed by atoms with van der Waals surface area (Å²) in [5.41, 5.74) is 0.0390. The summed E-state index contributed by atoms with van der Waals surface area (Å²) in [6.45, 7) is 3.79. The Balaban J connectivity index is 1.50. The quantitative estimate of drug-likeness (QED) is 0.457. The SMILES string of the molecule is CC1=NN(c2ccc(CNC(=O)c3c(C(F)(F)F)nc4ccccn34)cc2)CC[N]1[Tl]. The van der Waals surface area contributed by atoms with Gasteiger partial charge in [-0.15, -0.1) is 0 Å². The van der Waals surface area contributed by atoms with Gasteiger partial charge in [0, 0.05) is 6.20 Å². The molecule has 0 fully saturated rings. The van der Waals surface area contributed by atoms with Crippen molar-refractivity contribution in [1.82, 2.24) is 17.4 Å². The monoisotopic (exact) mass is 620 g/mol. The van der Waals surface area contributed by atoms with Crippen LogP contribution in [0, 0.1) is 0 Å². The number of anilines is 1. The standard InChI is InChI=1S/C20H19F3N6O.Tl/c1-13-24-9-11-29(27-13)15-7-5-14(6-8-15)12-25-19(30)17-18(20(21,22)23)26-16-4-2-3-10-28(16)17;/h2-8,10H,9,11-12H2,1H3,(H2,24,25,27,30);/q;+1/p-1. The Kier molecular flexibility index (Phi) is 5.90.